The number of nitrogens with two attached hydrogens (primary N) is 2. The van der Waals surface area contributed by atoms with Crippen molar-refractivity contribution in [1.29, 1.82) is 0 Å². The number of H-pyrrole nitrogens is 1. The number of amides is 1. The lowest BCUT2D eigenvalue weighted by molar-refractivity contribution is -0.144. The van der Waals surface area contributed by atoms with Crippen LogP contribution in [0.2, 0.25) is 0 Å². The van der Waals surface area contributed by atoms with Crippen molar-refractivity contribution in [1.82, 2.24) is 20.1 Å². The molecule has 1 amide bonds. The van der Waals surface area contributed by atoms with Crippen molar-refractivity contribution in [3.05, 3.63) is 35.7 Å². The summed E-state index contributed by atoms with van der Waals surface area (Å²) in [5.74, 6) is 4.33. The number of fused-ring (bicyclic) bond motifs is 1. The monoisotopic (exact) mass is 479 g/mol. The van der Waals surface area contributed by atoms with Gasteiger partial charge >= 0.3 is 6.18 Å². The molecule has 0 unspecified atom stereocenters. The molecule has 1 aromatic carbocycles. The molecule has 4 rings (SSSR count). The van der Waals surface area contributed by atoms with Crippen molar-refractivity contribution in [2.24, 2.45) is 22.6 Å². The molecule has 0 saturated heterocycles. The first-order valence-corrected chi connectivity index (χ1v) is 10.1. The van der Waals surface area contributed by atoms with E-state index in [2.05, 4.69) is 30.7 Å². The zero-order valence-corrected chi connectivity index (χ0v) is 18.2. The number of nitrogens with one attached hydrogen (secondary N) is 3. The number of amidine groups is 1. The molecule has 3 aromatic rings. The molecule has 11 nitrogen and oxygen atoms in total. The van der Waals surface area contributed by atoms with Crippen molar-refractivity contribution in [2.45, 2.75) is 19.0 Å². The molecule has 1 aliphatic carbocycles. The summed E-state index contributed by atoms with van der Waals surface area (Å²) in [7, 11) is 2.90. The standard InChI is InChI=1S/C20H22F3N9O2.H2/c1-32(25)31-16(24)10-4-3-5-11(15(10)34-2)26-12-8-13(28-18(33)9-6-7-9)27-17-14(12)29-19(30-17)20(21,22)23;/h3-5,8-9H,6-7,25H2,1-2H3,(H2,24,31)(H3,26,27,28,29,30,33);1H. The molecule has 0 aliphatic heterocycles. The number of carbonyl (C=O) groups is 1. The number of imidazole rings is 1. The van der Waals surface area contributed by atoms with Gasteiger partial charge in [-0.1, -0.05) is 6.07 Å². The molecule has 1 fully saturated rings. The van der Waals surface area contributed by atoms with E-state index in [0.29, 0.717) is 11.3 Å². The van der Waals surface area contributed by atoms with Crippen LogP contribution in [0.3, 0.4) is 0 Å². The van der Waals surface area contributed by atoms with Gasteiger partial charge in [0.2, 0.25) is 11.7 Å². The second kappa shape index (κ2) is 8.70. The molecule has 14 heteroatoms. The van der Waals surface area contributed by atoms with Gasteiger partial charge in [0, 0.05) is 20.5 Å². The molecule has 182 valence electrons. The number of benzene rings is 1. The van der Waals surface area contributed by atoms with E-state index < -0.39 is 12.0 Å². The zero-order valence-electron chi connectivity index (χ0n) is 18.2. The summed E-state index contributed by atoms with van der Waals surface area (Å²) in [6, 6.07) is 6.35. The number of hydrazine groups is 1. The third-order valence-electron chi connectivity index (χ3n) is 4.96. The summed E-state index contributed by atoms with van der Waals surface area (Å²) in [5, 5.41) is 10.6. The van der Waals surface area contributed by atoms with Crippen LogP contribution in [-0.2, 0) is 11.0 Å². The Morgan fingerprint density at radius 3 is 2.68 bits per heavy atom. The van der Waals surface area contributed by atoms with Crippen LogP contribution >= 0.6 is 0 Å². The highest BCUT2D eigenvalue weighted by Crippen LogP contribution is 2.37. The zero-order chi connectivity index (χ0) is 24.6. The first kappa shape index (κ1) is 23.1. The van der Waals surface area contributed by atoms with Crippen LogP contribution in [0, 0.1) is 5.92 Å². The molecule has 1 aliphatic rings. The molecular formula is C20H24F3N9O2. The van der Waals surface area contributed by atoms with E-state index in [1.165, 1.54) is 20.2 Å². The number of rotatable bonds is 7. The number of hydrogen-bond acceptors (Lipinski definition) is 8. The number of aromatic amines is 1. The Bertz CT molecular complexity index is 1270. The highest BCUT2D eigenvalue weighted by molar-refractivity contribution is 6.02. The number of nitrogens with zero attached hydrogens (tertiary/aromatic N) is 4. The SMILES string of the molecule is COc1c(Nc2cc(NC(=O)C3CC3)nc3nc(C(F)(F)F)[nH]c23)cccc1/C(N)=N/N(C)N.[HH]. The number of halogens is 3. The van der Waals surface area contributed by atoms with E-state index in [1.54, 1.807) is 18.2 Å². The average molecular weight is 479 g/mol. The topological polar surface area (TPSA) is 160 Å². The number of hydrazone groups is 1. The van der Waals surface area contributed by atoms with E-state index in [0.717, 1.165) is 18.0 Å². The summed E-state index contributed by atoms with van der Waals surface area (Å²) >= 11 is 0. The predicted octanol–water partition coefficient (Wildman–Crippen LogP) is 2.75. The maximum absolute atomic E-state index is 13.3. The summed E-state index contributed by atoms with van der Waals surface area (Å²) in [5.41, 5.74) is 6.74. The summed E-state index contributed by atoms with van der Waals surface area (Å²) in [4.78, 5) is 22.1. The first-order valence-electron chi connectivity index (χ1n) is 10.1. The number of para-hydroxylation sites is 1. The van der Waals surface area contributed by atoms with Gasteiger partial charge in [-0.15, -0.1) is 5.10 Å². The molecule has 0 radical (unpaired) electrons. The maximum Gasteiger partial charge on any atom is 0.449 e. The number of ether oxygens (including phenoxy) is 1. The molecule has 2 aromatic heterocycles. The van der Waals surface area contributed by atoms with Gasteiger partial charge in [0.15, 0.2) is 17.2 Å². The number of aromatic nitrogens is 3. The Labute approximate surface area is 192 Å². The predicted molar refractivity (Wildman–Crippen MR) is 121 cm³/mol. The van der Waals surface area contributed by atoms with Gasteiger partial charge in [0.25, 0.3) is 0 Å². The van der Waals surface area contributed by atoms with Gasteiger partial charge in [-0.2, -0.15) is 13.2 Å². The quantitative estimate of drug-likeness (QED) is 0.150. The largest absolute Gasteiger partial charge is 0.494 e. The lowest BCUT2D eigenvalue weighted by atomic mass is 10.1. The van der Waals surface area contributed by atoms with Gasteiger partial charge in [-0.3, -0.25) is 4.79 Å². The third-order valence-corrected chi connectivity index (χ3v) is 4.96. The van der Waals surface area contributed by atoms with Crippen LogP contribution in [-0.4, -0.2) is 46.0 Å². The number of alkyl halides is 3. The number of methoxy groups -OCH3 is 1. The van der Waals surface area contributed by atoms with Crippen molar-refractivity contribution < 1.29 is 24.1 Å². The number of anilines is 3. The van der Waals surface area contributed by atoms with Crippen LogP contribution in [0.5, 0.6) is 5.75 Å². The van der Waals surface area contributed by atoms with Crippen LogP contribution in [0.1, 0.15) is 25.7 Å². The second-order valence-corrected chi connectivity index (χ2v) is 7.67. The molecule has 34 heavy (non-hydrogen) atoms. The molecule has 7 N–H and O–H groups in total. The fraction of sp³-hybridized carbons (Fsp3) is 0.300. The number of hydrogen-bond donors (Lipinski definition) is 5. The molecule has 2 heterocycles. The summed E-state index contributed by atoms with van der Waals surface area (Å²) < 4.78 is 45.4. The summed E-state index contributed by atoms with van der Waals surface area (Å²) in [6.45, 7) is 0. The molecule has 0 spiro atoms. The fourth-order valence-electron chi connectivity index (χ4n) is 3.28. The van der Waals surface area contributed by atoms with Crippen molar-refractivity contribution in [2.75, 3.05) is 24.8 Å². The van der Waals surface area contributed by atoms with Crippen LogP contribution < -0.4 is 26.9 Å². The van der Waals surface area contributed by atoms with Crippen LogP contribution in [0.25, 0.3) is 11.2 Å². The molecule has 1 saturated carbocycles. The van der Waals surface area contributed by atoms with Crippen molar-refractivity contribution in [3.63, 3.8) is 0 Å². The first-order chi connectivity index (χ1) is 16.1. The number of pyridine rings is 1. The van der Waals surface area contributed by atoms with Crippen molar-refractivity contribution in [3.8, 4) is 5.75 Å². The highest BCUT2D eigenvalue weighted by Gasteiger charge is 2.36. The highest BCUT2D eigenvalue weighted by atomic mass is 19.4. The van der Waals surface area contributed by atoms with Crippen LogP contribution in [0.15, 0.2) is 29.4 Å². The Kier molecular flexibility index (Phi) is 5.91. The molecule has 0 bridgehead atoms. The van der Waals surface area contributed by atoms with E-state index in [4.69, 9.17) is 16.3 Å². The van der Waals surface area contributed by atoms with E-state index in [-0.39, 0.29) is 47.5 Å². The van der Waals surface area contributed by atoms with Gasteiger partial charge < -0.3 is 26.1 Å². The lowest BCUT2D eigenvalue weighted by Crippen LogP contribution is -2.26. The minimum atomic E-state index is -4.72. The Balaban J connectivity index is 0.00000342. The van der Waals surface area contributed by atoms with Crippen molar-refractivity contribution >= 4 is 40.1 Å². The minimum Gasteiger partial charge on any atom is -0.494 e. The number of carbonyl (C=O) groups excluding carboxylic acids is 1. The van der Waals surface area contributed by atoms with E-state index in [1.807, 2.05) is 0 Å². The minimum absolute atomic E-state index is 0. The third kappa shape index (κ3) is 4.80. The fourth-order valence-corrected chi connectivity index (χ4v) is 3.28. The average Bonchev–Trinajstić information content (AvgIpc) is 3.51. The van der Waals surface area contributed by atoms with E-state index in [9.17, 15) is 18.0 Å². The maximum atomic E-state index is 13.3. The lowest BCUT2D eigenvalue weighted by Gasteiger charge is -2.16. The smallest absolute Gasteiger partial charge is 0.449 e. The van der Waals surface area contributed by atoms with Gasteiger partial charge in [0.05, 0.1) is 24.0 Å². The Morgan fingerprint density at radius 1 is 1.32 bits per heavy atom. The van der Waals surface area contributed by atoms with Gasteiger partial charge in [-0.25, -0.2) is 20.9 Å². The Hall–Kier alpha value is -4.07. The second-order valence-electron chi connectivity index (χ2n) is 7.67. The Morgan fingerprint density at radius 2 is 2.06 bits per heavy atom. The van der Waals surface area contributed by atoms with Gasteiger partial charge in [-0.05, 0) is 25.0 Å². The van der Waals surface area contributed by atoms with Crippen LogP contribution in [0.4, 0.5) is 30.4 Å². The summed E-state index contributed by atoms with van der Waals surface area (Å²) in [6.07, 6.45) is -3.21. The van der Waals surface area contributed by atoms with E-state index >= 15 is 0 Å². The molecule has 0 atom stereocenters. The normalized spacial score (nSPS) is 14.2. The van der Waals surface area contributed by atoms with Gasteiger partial charge in [0.1, 0.15) is 11.3 Å². The molecular weight excluding hydrogens is 455 g/mol.